The van der Waals surface area contributed by atoms with Gasteiger partial charge in [0.05, 0.1) is 12.0 Å². The second kappa shape index (κ2) is 7.81. The zero-order chi connectivity index (χ0) is 15.1. The summed E-state index contributed by atoms with van der Waals surface area (Å²) in [6.45, 7) is 3.82. The van der Waals surface area contributed by atoms with Crippen LogP contribution in [0.15, 0.2) is 18.2 Å². The number of halogens is 2. The molecule has 0 aliphatic carbocycles. The van der Waals surface area contributed by atoms with Gasteiger partial charge in [-0.05, 0) is 32.0 Å². The first-order chi connectivity index (χ1) is 9.49. The molecule has 0 unspecified atom stereocenters. The number of ether oxygens (including phenoxy) is 2. The molecule has 110 valence electrons. The van der Waals surface area contributed by atoms with Gasteiger partial charge >= 0.3 is 0 Å². The van der Waals surface area contributed by atoms with Crippen molar-refractivity contribution < 1.29 is 27.8 Å². The van der Waals surface area contributed by atoms with Gasteiger partial charge in [-0.2, -0.15) is 0 Å². The Balaban J connectivity index is 2.78. The lowest BCUT2D eigenvalue weighted by Gasteiger charge is -2.15. The lowest BCUT2D eigenvalue weighted by Crippen LogP contribution is -2.29. The monoisotopic (exact) mass is 286 g/mol. The molecule has 20 heavy (non-hydrogen) atoms. The van der Waals surface area contributed by atoms with Crippen LogP contribution < -0.4 is 0 Å². The highest BCUT2D eigenvalue weighted by Gasteiger charge is 2.24. The molecule has 0 N–H and O–H groups in total. The highest BCUT2D eigenvalue weighted by Crippen LogP contribution is 2.13. The average molecular weight is 286 g/mol. The second-order valence-corrected chi connectivity index (χ2v) is 3.93. The predicted molar refractivity (Wildman–Crippen MR) is 67.4 cm³/mol. The van der Waals surface area contributed by atoms with Crippen LogP contribution in [0.4, 0.5) is 8.78 Å². The summed E-state index contributed by atoms with van der Waals surface area (Å²) in [7, 11) is 0. The number of benzene rings is 1. The Hall–Kier alpha value is -1.66. The van der Waals surface area contributed by atoms with Gasteiger partial charge in [0, 0.05) is 13.2 Å². The van der Waals surface area contributed by atoms with Crippen molar-refractivity contribution >= 4 is 11.6 Å². The smallest absolute Gasteiger partial charge is 0.218 e. The van der Waals surface area contributed by atoms with Gasteiger partial charge in [0.25, 0.3) is 0 Å². The number of carbonyl (C=O) groups excluding carboxylic acids is 2. The van der Waals surface area contributed by atoms with Crippen LogP contribution in [0, 0.1) is 11.6 Å². The molecule has 0 radical (unpaired) electrons. The summed E-state index contributed by atoms with van der Waals surface area (Å²) in [6.07, 6.45) is -1.77. The summed E-state index contributed by atoms with van der Waals surface area (Å²) < 4.78 is 36.5. The van der Waals surface area contributed by atoms with E-state index < -0.39 is 41.5 Å². The summed E-state index contributed by atoms with van der Waals surface area (Å²) in [5.74, 6) is -3.04. The third kappa shape index (κ3) is 4.47. The molecule has 4 nitrogen and oxygen atoms in total. The Morgan fingerprint density at radius 1 is 1.15 bits per heavy atom. The maximum Gasteiger partial charge on any atom is 0.218 e. The van der Waals surface area contributed by atoms with Gasteiger partial charge in [0.15, 0.2) is 11.6 Å². The highest BCUT2D eigenvalue weighted by molar-refractivity contribution is 6.08. The van der Waals surface area contributed by atoms with E-state index in [-0.39, 0.29) is 13.2 Å². The SMILES string of the molecule is CCOC(OCC)C(=O)CC(=O)c1cc(F)ccc1F. The van der Waals surface area contributed by atoms with Crippen molar-refractivity contribution in [3.05, 3.63) is 35.4 Å². The van der Waals surface area contributed by atoms with Crippen LogP contribution >= 0.6 is 0 Å². The molecular formula is C14H16F2O4. The summed E-state index contributed by atoms with van der Waals surface area (Å²) in [6, 6.07) is 2.51. The van der Waals surface area contributed by atoms with E-state index in [0.29, 0.717) is 0 Å². The van der Waals surface area contributed by atoms with Crippen molar-refractivity contribution in [2.75, 3.05) is 13.2 Å². The summed E-state index contributed by atoms with van der Waals surface area (Å²) in [4.78, 5) is 23.6. The molecule has 1 rings (SSSR count). The fraction of sp³-hybridized carbons (Fsp3) is 0.429. The number of hydrogen-bond donors (Lipinski definition) is 0. The Bertz CT molecular complexity index is 482. The zero-order valence-corrected chi connectivity index (χ0v) is 11.3. The van der Waals surface area contributed by atoms with Gasteiger partial charge in [-0.15, -0.1) is 0 Å². The van der Waals surface area contributed by atoms with Gasteiger partial charge in [0.2, 0.25) is 6.29 Å². The molecule has 0 saturated heterocycles. The minimum absolute atomic E-state index is 0.235. The molecule has 1 aromatic carbocycles. The first kappa shape index (κ1) is 16.4. The average Bonchev–Trinajstić information content (AvgIpc) is 2.41. The number of ketones is 2. The quantitative estimate of drug-likeness (QED) is 0.418. The fourth-order valence-electron chi connectivity index (χ4n) is 1.58. The minimum Gasteiger partial charge on any atom is -0.346 e. The maximum atomic E-state index is 13.4. The molecule has 1 aromatic rings. The molecule has 0 fully saturated rings. The van der Waals surface area contributed by atoms with E-state index in [1.165, 1.54) is 0 Å². The number of rotatable bonds is 8. The van der Waals surface area contributed by atoms with Crippen LogP contribution in [-0.4, -0.2) is 31.1 Å². The number of carbonyl (C=O) groups is 2. The first-order valence-corrected chi connectivity index (χ1v) is 6.23. The Morgan fingerprint density at radius 2 is 1.75 bits per heavy atom. The van der Waals surface area contributed by atoms with E-state index in [2.05, 4.69) is 0 Å². The second-order valence-electron chi connectivity index (χ2n) is 3.93. The standard InChI is InChI=1S/C14H16F2O4/c1-3-19-14(20-4-2)13(18)8-12(17)10-7-9(15)5-6-11(10)16/h5-7,14H,3-4,8H2,1-2H3. The predicted octanol–water partition coefficient (Wildman–Crippen LogP) is 2.51. The molecule has 0 heterocycles. The molecule has 0 atom stereocenters. The fourth-order valence-corrected chi connectivity index (χ4v) is 1.58. The molecule has 0 aliphatic rings. The van der Waals surface area contributed by atoms with Crippen LogP contribution in [0.5, 0.6) is 0 Å². The van der Waals surface area contributed by atoms with E-state index in [9.17, 15) is 18.4 Å². The molecule has 0 spiro atoms. The molecular weight excluding hydrogens is 270 g/mol. The molecule has 6 heteroatoms. The van der Waals surface area contributed by atoms with Gasteiger partial charge in [-0.3, -0.25) is 9.59 Å². The highest BCUT2D eigenvalue weighted by atomic mass is 19.1. The summed E-state index contributed by atoms with van der Waals surface area (Å²) in [5, 5.41) is 0. The molecule has 0 aromatic heterocycles. The van der Waals surface area contributed by atoms with Crippen molar-refractivity contribution in [2.24, 2.45) is 0 Å². The zero-order valence-electron chi connectivity index (χ0n) is 11.3. The van der Waals surface area contributed by atoms with Crippen molar-refractivity contribution in [1.82, 2.24) is 0 Å². The van der Waals surface area contributed by atoms with Crippen LogP contribution in [0.3, 0.4) is 0 Å². The van der Waals surface area contributed by atoms with Gasteiger partial charge in [-0.25, -0.2) is 8.78 Å². The van der Waals surface area contributed by atoms with E-state index in [1.807, 2.05) is 0 Å². The van der Waals surface area contributed by atoms with Crippen LogP contribution in [0.25, 0.3) is 0 Å². The molecule has 0 aliphatic heterocycles. The third-order valence-electron chi connectivity index (χ3n) is 2.46. The van der Waals surface area contributed by atoms with E-state index in [4.69, 9.17) is 9.47 Å². The van der Waals surface area contributed by atoms with E-state index in [1.54, 1.807) is 13.8 Å². The van der Waals surface area contributed by atoms with Crippen LogP contribution in [0.1, 0.15) is 30.6 Å². The topological polar surface area (TPSA) is 52.6 Å². The molecule has 0 saturated carbocycles. The van der Waals surface area contributed by atoms with E-state index in [0.717, 1.165) is 18.2 Å². The lowest BCUT2D eigenvalue weighted by molar-refractivity contribution is -0.166. The maximum absolute atomic E-state index is 13.4. The van der Waals surface area contributed by atoms with Crippen LogP contribution in [-0.2, 0) is 14.3 Å². The number of hydrogen-bond acceptors (Lipinski definition) is 4. The first-order valence-electron chi connectivity index (χ1n) is 6.23. The molecule has 0 amide bonds. The summed E-state index contributed by atoms with van der Waals surface area (Å²) >= 11 is 0. The Labute approximate surface area is 115 Å². The third-order valence-corrected chi connectivity index (χ3v) is 2.46. The van der Waals surface area contributed by atoms with Gasteiger partial charge < -0.3 is 9.47 Å². The summed E-state index contributed by atoms with van der Waals surface area (Å²) in [5.41, 5.74) is -0.454. The van der Waals surface area contributed by atoms with Gasteiger partial charge in [-0.1, -0.05) is 0 Å². The van der Waals surface area contributed by atoms with Gasteiger partial charge in [0.1, 0.15) is 11.6 Å². The largest absolute Gasteiger partial charge is 0.346 e. The van der Waals surface area contributed by atoms with Crippen molar-refractivity contribution in [3.8, 4) is 0 Å². The molecule has 0 bridgehead atoms. The number of Topliss-reactive ketones (excluding diaryl/α,β-unsaturated/α-hetero) is 2. The van der Waals surface area contributed by atoms with Crippen molar-refractivity contribution in [1.29, 1.82) is 0 Å². The Morgan fingerprint density at radius 3 is 2.30 bits per heavy atom. The van der Waals surface area contributed by atoms with Crippen molar-refractivity contribution in [2.45, 2.75) is 26.6 Å². The normalized spacial score (nSPS) is 10.8. The van der Waals surface area contributed by atoms with Crippen LogP contribution in [0.2, 0.25) is 0 Å². The Kier molecular flexibility index (Phi) is 6.41. The van der Waals surface area contributed by atoms with Crippen molar-refractivity contribution in [3.63, 3.8) is 0 Å². The minimum atomic E-state index is -1.16. The lowest BCUT2D eigenvalue weighted by atomic mass is 10.0. The van der Waals surface area contributed by atoms with E-state index >= 15 is 0 Å².